The van der Waals surface area contributed by atoms with Crippen LogP contribution >= 0.6 is 0 Å². The lowest BCUT2D eigenvalue weighted by Crippen LogP contribution is -2.04. The van der Waals surface area contributed by atoms with E-state index in [2.05, 4.69) is 14.7 Å². The minimum absolute atomic E-state index is 0.275. The van der Waals surface area contributed by atoms with E-state index in [-0.39, 0.29) is 6.61 Å². The Morgan fingerprint density at radius 3 is 3.10 bits per heavy atom. The van der Waals surface area contributed by atoms with Gasteiger partial charge in [-0.2, -0.15) is 0 Å². The molecule has 0 aromatic rings. The van der Waals surface area contributed by atoms with Gasteiger partial charge in [-0.25, -0.2) is 4.79 Å². The van der Waals surface area contributed by atoms with Gasteiger partial charge in [0.05, 0.1) is 6.61 Å². The largest absolute Gasteiger partial charge is 0.462 e. The first-order valence-corrected chi connectivity index (χ1v) is 2.56. The molecule has 10 heavy (non-hydrogen) atoms. The van der Waals surface area contributed by atoms with Crippen molar-refractivity contribution in [1.29, 1.82) is 5.26 Å². The number of hydrogen-bond acceptors (Lipinski definition) is 5. The van der Waals surface area contributed by atoms with Crippen molar-refractivity contribution >= 4 is 12.2 Å². The van der Waals surface area contributed by atoms with Gasteiger partial charge in [-0.05, 0) is 6.92 Å². The number of carbonyl (C=O) groups excluding carboxylic acids is 1. The Labute approximate surface area is 57.8 Å². The zero-order valence-corrected chi connectivity index (χ0v) is 5.40. The van der Waals surface area contributed by atoms with Crippen LogP contribution in [0, 0.1) is 11.5 Å². The normalized spacial score (nSPS) is 8.80. The number of nitriles is 1. The standard InChI is InChI=1S/C5H6N2O3/c1-2-9-5(8)3-7-10-4-6/h3H,2H2,1H3/b7-3+. The quantitative estimate of drug-likeness (QED) is 0.241. The van der Waals surface area contributed by atoms with Crippen molar-refractivity contribution in [3.8, 4) is 6.26 Å². The highest BCUT2D eigenvalue weighted by atomic mass is 16.6. The third kappa shape index (κ3) is 4.59. The molecule has 0 N–H and O–H groups in total. The summed E-state index contributed by atoms with van der Waals surface area (Å²) in [5.41, 5.74) is 0. The number of ether oxygens (including phenoxy) is 1. The Morgan fingerprint density at radius 1 is 1.90 bits per heavy atom. The lowest BCUT2D eigenvalue weighted by Gasteiger charge is -1.91. The van der Waals surface area contributed by atoms with Crippen molar-refractivity contribution in [3.63, 3.8) is 0 Å². The number of nitrogens with zero attached hydrogens (tertiary/aromatic N) is 2. The molecule has 0 aliphatic rings. The fraction of sp³-hybridized carbons (Fsp3) is 0.400. The van der Waals surface area contributed by atoms with E-state index in [0.29, 0.717) is 0 Å². The van der Waals surface area contributed by atoms with Crippen LogP contribution in [0.3, 0.4) is 0 Å². The van der Waals surface area contributed by atoms with Crippen molar-refractivity contribution in [2.24, 2.45) is 5.16 Å². The number of carbonyl (C=O) groups is 1. The first-order chi connectivity index (χ1) is 4.81. The lowest BCUT2D eigenvalue weighted by molar-refractivity contribution is -0.134. The second-order valence-corrected chi connectivity index (χ2v) is 1.17. The summed E-state index contributed by atoms with van der Waals surface area (Å²) in [6.45, 7) is 1.94. The molecule has 5 nitrogen and oxygen atoms in total. The van der Waals surface area contributed by atoms with Crippen LogP contribution in [0.4, 0.5) is 0 Å². The average Bonchev–Trinajstić information content (AvgIpc) is 1.89. The predicted molar refractivity (Wildman–Crippen MR) is 31.8 cm³/mol. The fourth-order valence-electron chi connectivity index (χ4n) is 0.272. The molecule has 5 heteroatoms. The van der Waals surface area contributed by atoms with E-state index in [0.717, 1.165) is 6.21 Å². The van der Waals surface area contributed by atoms with Crippen LogP contribution < -0.4 is 0 Å². The SMILES string of the molecule is CCOC(=O)/C=N/OC#N. The monoisotopic (exact) mass is 142 g/mol. The third-order valence-corrected chi connectivity index (χ3v) is 0.538. The lowest BCUT2D eigenvalue weighted by atomic mass is 10.7. The van der Waals surface area contributed by atoms with E-state index in [1.165, 1.54) is 6.26 Å². The van der Waals surface area contributed by atoms with Gasteiger partial charge in [0.2, 0.25) is 0 Å². The molecule has 0 saturated carbocycles. The molecule has 54 valence electrons. The van der Waals surface area contributed by atoms with Gasteiger partial charge in [-0.1, -0.05) is 5.16 Å². The number of oxime groups is 1. The van der Waals surface area contributed by atoms with Crippen molar-refractivity contribution in [2.75, 3.05) is 6.61 Å². The molecule has 0 aliphatic carbocycles. The molecule has 0 saturated heterocycles. The number of rotatable bonds is 3. The smallest absolute Gasteiger partial charge is 0.352 e. The van der Waals surface area contributed by atoms with Gasteiger partial charge < -0.3 is 4.74 Å². The Kier molecular flexibility index (Phi) is 4.69. The molecule has 0 spiro atoms. The summed E-state index contributed by atoms with van der Waals surface area (Å²) in [5.74, 6) is -0.627. The highest BCUT2D eigenvalue weighted by Gasteiger charge is 1.92. The number of hydrogen-bond donors (Lipinski definition) is 0. The minimum atomic E-state index is -0.627. The first-order valence-electron chi connectivity index (χ1n) is 2.56. The average molecular weight is 142 g/mol. The number of esters is 1. The Balaban J connectivity index is 3.48. The van der Waals surface area contributed by atoms with Gasteiger partial charge in [-0.3, -0.25) is 4.84 Å². The Bertz CT molecular complexity index is 170. The molecule has 0 aliphatic heterocycles. The molecule has 0 aromatic heterocycles. The molecule has 0 fully saturated rings. The van der Waals surface area contributed by atoms with Gasteiger partial charge in [0, 0.05) is 0 Å². The van der Waals surface area contributed by atoms with Gasteiger partial charge in [0.1, 0.15) is 0 Å². The maximum Gasteiger partial charge on any atom is 0.352 e. The van der Waals surface area contributed by atoms with Crippen LogP contribution in [0.25, 0.3) is 0 Å². The molecule has 0 amide bonds. The van der Waals surface area contributed by atoms with Crippen LogP contribution in [0.2, 0.25) is 0 Å². The summed E-state index contributed by atoms with van der Waals surface area (Å²) in [6, 6.07) is 0. The van der Waals surface area contributed by atoms with E-state index in [9.17, 15) is 4.79 Å². The topological polar surface area (TPSA) is 71.7 Å². The molecule has 0 rings (SSSR count). The molecule has 0 heterocycles. The summed E-state index contributed by atoms with van der Waals surface area (Å²) in [4.78, 5) is 14.2. The first kappa shape index (κ1) is 8.43. The summed E-state index contributed by atoms with van der Waals surface area (Å²) in [5, 5.41) is 10.7. The summed E-state index contributed by atoms with van der Waals surface area (Å²) in [6.07, 6.45) is 2.04. The van der Waals surface area contributed by atoms with E-state index < -0.39 is 5.97 Å². The zero-order chi connectivity index (χ0) is 7.82. The van der Waals surface area contributed by atoms with Gasteiger partial charge in [-0.15, -0.1) is 5.26 Å². The van der Waals surface area contributed by atoms with E-state index >= 15 is 0 Å². The van der Waals surface area contributed by atoms with Crippen molar-refractivity contribution in [2.45, 2.75) is 6.92 Å². The van der Waals surface area contributed by atoms with Crippen molar-refractivity contribution < 1.29 is 14.4 Å². The maximum atomic E-state index is 10.4. The van der Waals surface area contributed by atoms with E-state index in [1.54, 1.807) is 6.92 Å². The zero-order valence-electron chi connectivity index (χ0n) is 5.40. The van der Waals surface area contributed by atoms with Crippen molar-refractivity contribution in [3.05, 3.63) is 0 Å². The van der Waals surface area contributed by atoms with Crippen LogP contribution in [0.5, 0.6) is 0 Å². The third-order valence-electron chi connectivity index (χ3n) is 0.538. The van der Waals surface area contributed by atoms with Crippen LogP contribution in [0.15, 0.2) is 5.16 Å². The highest BCUT2D eigenvalue weighted by Crippen LogP contribution is 1.74. The van der Waals surface area contributed by atoms with Crippen LogP contribution in [0.1, 0.15) is 6.92 Å². The Morgan fingerprint density at radius 2 is 2.60 bits per heavy atom. The molecule has 0 atom stereocenters. The Hall–Kier alpha value is -1.57. The van der Waals surface area contributed by atoms with Gasteiger partial charge in [0.25, 0.3) is 0 Å². The summed E-state index contributed by atoms with van der Waals surface area (Å²) < 4.78 is 4.41. The second kappa shape index (κ2) is 5.56. The second-order valence-electron chi connectivity index (χ2n) is 1.17. The van der Waals surface area contributed by atoms with Crippen LogP contribution in [-0.2, 0) is 14.4 Å². The molecule has 0 unspecified atom stereocenters. The maximum absolute atomic E-state index is 10.4. The fourth-order valence-corrected chi connectivity index (χ4v) is 0.272. The molecule has 0 aromatic carbocycles. The van der Waals surface area contributed by atoms with Gasteiger partial charge in [0.15, 0.2) is 6.21 Å². The molecule has 0 radical (unpaired) electrons. The molecular weight excluding hydrogens is 136 g/mol. The summed E-state index contributed by atoms with van der Waals surface area (Å²) in [7, 11) is 0. The van der Waals surface area contributed by atoms with E-state index in [4.69, 9.17) is 5.26 Å². The highest BCUT2D eigenvalue weighted by molar-refractivity contribution is 6.22. The summed E-state index contributed by atoms with van der Waals surface area (Å²) >= 11 is 0. The molecular formula is C5H6N2O3. The van der Waals surface area contributed by atoms with Crippen molar-refractivity contribution in [1.82, 2.24) is 0 Å². The van der Waals surface area contributed by atoms with E-state index in [1.807, 2.05) is 0 Å². The molecule has 0 bridgehead atoms. The predicted octanol–water partition coefficient (Wildman–Crippen LogP) is 0.0330. The van der Waals surface area contributed by atoms with Gasteiger partial charge >= 0.3 is 12.2 Å². The minimum Gasteiger partial charge on any atom is -0.462 e. The van der Waals surface area contributed by atoms with Crippen LogP contribution in [-0.4, -0.2) is 18.8 Å².